The Morgan fingerprint density at radius 3 is 2.30 bits per heavy atom. The average Bonchev–Trinajstić information content (AvgIpc) is 3.44. The molecular formula is C25H26ClN3O3S. The minimum absolute atomic E-state index is 0.428. The molecule has 172 valence electrons. The van der Waals surface area contributed by atoms with Crippen LogP contribution in [-0.4, -0.2) is 31.1 Å². The Morgan fingerprint density at radius 2 is 1.67 bits per heavy atom. The van der Waals surface area contributed by atoms with E-state index in [1.807, 2.05) is 69.3 Å². The minimum Gasteiger partial charge on any atom is -0.443 e. The SMILES string of the molecule is CC(C)(C)OC(=O)n1cccc1-c1ccc(-c2cc(C(C)(C)O)nn2-c2ccccc2Cl)s1. The number of aromatic nitrogens is 3. The number of carbonyl (C=O) groups is 1. The van der Waals surface area contributed by atoms with Crippen LogP contribution in [0.2, 0.25) is 5.02 Å². The molecule has 0 radical (unpaired) electrons. The highest BCUT2D eigenvalue weighted by molar-refractivity contribution is 7.18. The second-order valence-corrected chi connectivity index (χ2v) is 10.7. The van der Waals surface area contributed by atoms with E-state index in [9.17, 15) is 9.90 Å². The zero-order valence-electron chi connectivity index (χ0n) is 19.2. The Kier molecular flexibility index (Phi) is 5.99. The molecule has 6 nitrogen and oxygen atoms in total. The van der Waals surface area contributed by atoms with Gasteiger partial charge in [-0.25, -0.2) is 9.48 Å². The van der Waals surface area contributed by atoms with E-state index in [0.717, 1.165) is 26.8 Å². The van der Waals surface area contributed by atoms with E-state index in [1.54, 1.807) is 30.8 Å². The summed E-state index contributed by atoms with van der Waals surface area (Å²) in [4.78, 5) is 14.5. The molecule has 0 amide bonds. The highest BCUT2D eigenvalue weighted by atomic mass is 35.5. The molecule has 1 N–H and O–H groups in total. The molecule has 4 aromatic rings. The Balaban J connectivity index is 1.78. The average molecular weight is 484 g/mol. The van der Waals surface area contributed by atoms with E-state index >= 15 is 0 Å². The van der Waals surface area contributed by atoms with Crippen LogP contribution in [0.5, 0.6) is 0 Å². The van der Waals surface area contributed by atoms with Crippen molar-refractivity contribution < 1.29 is 14.6 Å². The van der Waals surface area contributed by atoms with E-state index in [2.05, 4.69) is 5.10 Å². The van der Waals surface area contributed by atoms with E-state index in [1.165, 1.54) is 15.9 Å². The predicted octanol–water partition coefficient (Wildman–Crippen LogP) is 6.73. The zero-order chi connectivity index (χ0) is 24.0. The molecule has 0 fully saturated rings. The molecule has 0 aliphatic carbocycles. The van der Waals surface area contributed by atoms with Gasteiger partial charge in [-0.05, 0) is 77.1 Å². The molecule has 0 spiro atoms. The van der Waals surface area contributed by atoms with Crippen LogP contribution in [0.3, 0.4) is 0 Å². The molecule has 33 heavy (non-hydrogen) atoms. The fraction of sp³-hybridized carbons (Fsp3) is 0.280. The summed E-state index contributed by atoms with van der Waals surface area (Å²) in [5.41, 5.74) is 1.08. The molecule has 1 aromatic carbocycles. The lowest BCUT2D eigenvalue weighted by atomic mass is 10.1. The second-order valence-electron chi connectivity index (χ2n) is 9.24. The number of aliphatic hydroxyl groups is 1. The highest BCUT2D eigenvalue weighted by Crippen LogP contribution is 2.38. The lowest BCUT2D eigenvalue weighted by Crippen LogP contribution is -2.27. The molecule has 8 heteroatoms. The number of benzene rings is 1. The van der Waals surface area contributed by atoms with Gasteiger partial charge in [-0.2, -0.15) is 5.10 Å². The lowest BCUT2D eigenvalue weighted by Gasteiger charge is -2.20. The lowest BCUT2D eigenvalue weighted by molar-refractivity contribution is 0.0540. The van der Waals surface area contributed by atoms with Crippen molar-refractivity contribution in [1.29, 1.82) is 0 Å². The molecule has 3 aromatic heterocycles. The number of carbonyl (C=O) groups excluding carboxylic acids is 1. The molecular weight excluding hydrogens is 458 g/mol. The first-order chi connectivity index (χ1) is 15.4. The van der Waals surface area contributed by atoms with Gasteiger partial charge in [0.1, 0.15) is 11.2 Å². The molecule has 3 heterocycles. The van der Waals surface area contributed by atoms with Crippen LogP contribution in [0.1, 0.15) is 40.3 Å². The van der Waals surface area contributed by atoms with Crippen molar-refractivity contribution in [2.24, 2.45) is 0 Å². The fourth-order valence-corrected chi connectivity index (χ4v) is 4.57. The molecule has 0 atom stereocenters. The number of hydrogen-bond acceptors (Lipinski definition) is 5. The van der Waals surface area contributed by atoms with Gasteiger partial charge in [0.2, 0.25) is 0 Å². The fourth-order valence-electron chi connectivity index (χ4n) is 3.33. The van der Waals surface area contributed by atoms with Crippen molar-refractivity contribution in [2.45, 2.75) is 45.8 Å². The smallest absolute Gasteiger partial charge is 0.419 e. The van der Waals surface area contributed by atoms with Crippen molar-refractivity contribution in [1.82, 2.24) is 14.3 Å². The summed E-state index contributed by atoms with van der Waals surface area (Å²) in [5.74, 6) is 0. The van der Waals surface area contributed by atoms with Crippen molar-refractivity contribution in [2.75, 3.05) is 0 Å². The van der Waals surface area contributed by atoms with Crippen LogP contribution in [0.25, 0.3) is 26.8 Å². The van der Waals surface area contributed by atoms with Gasteiger partial charge in [-0.15, -0.1) is 11.3 Å². The molecule has 0 aliphatic rings. The summed E-state index contributed by atoms with van der Waals surface area (Å²) in [7, 11) is 0. The quantitative estimate of drug-likeness (QED) is 0.349. The van der Waals surface area contributed by atoms with Crippen LogP contribution >= 0.6 is 22.9 Å². The van der Waals surface area contributed by atoms with E-state index in [0.29, 0.717) is 10.7 Å². The van der Waals surface area contributed by atoms with E-state index < -0.39 is 17.3 Å². The van der Waals surface area contributed by atoms with Crippen molar-refractivity contribution in [3.05, 3.63) is 71.5 Å². The van der Waals surface area contributed by atoms with E-state index in [-0.39, 0.29) is 0 Å². The zero-order valence-corrected chi connectivity index (χ0v) is 20.7. The molecule has 0 unspecified atom stereocenters. The van der Waals surface area contributed by atoms with Gasteiger partial charge in [-0.3, -0.25) is 4.57 Å². The third-order valence-electron chi connectivity index (χ3n) is 4.87. The maximum absolute atomic E-state index is 12.7. The normalized spacial score (nSPS) is 12.2. The molecule has 0 bridgehead atoms. The van der Waals surface area contributed by atoms with Crippen LogP contribution in [0, 0.1) is 0 Å². The standard InChI is InChI=1S/C25H26ClN3O3S/c1-24(2,3)32-23(30)28-14-8-11-18(28)20-12-13-21(33-20)19-15-22(25(4,5)31)27-29(19)17-10-7-6-9-16(17)26/h6-15,31H,1-5H3. The number of thiophene rings is 1. The number of rotatable bonds is 4. The van der Waals surface area contributed by atoms with Gasteiger partial charge in [0, 0.05) is 6.20 Å². The van der Waals surface area contributed by atoms with Crippen LogP contribution < -0.4 is 0 Å². The maximum atomic E-state index is 12.7. The van der Waals surface area contributed by atoms with Gasteiger partial charge < -0.3 is 9.84 Å². The van der Waals surface area contributed by atoms with Crippen LogP contribution in [0.15, 0.2) is 60.8 Å². The second kappa shape index (κ2) is 8.48. The van der Waals surface area contributed by atoms with Gasteiger partial charge in [0.05, 0.1) is 37.5 Å². The van der Waals surface area contributed by atoms with Crippen molar-refractivity contribution >= 4 is 29.0 Å². The van der Waals surface area contributed by atoms with Gasteiger partial charge in [0.25, 0.3) is 0 Å². The first kappa shape index (κ1) is 23.3. The summed E-state index contributed by atoms with van der Waals surface area (Å²) in [6.07, 6.45) is 1.27. The van der Waals surface area contributed by atoms with Gasteiger partial charge >= 0.3 is 6.09 Å². The van der Waals surface area contributed by atoms with Crippen molar-refractivity contribution in [3.63, 3.8) is 0 Å². The number of nitrogens with zero attached hydrogens (tertiary/aromatic N) is 3. The summed E-state index contributed by atoms with van der Waals surface area (Å²) in [6.45, 7) is 8.92. The van der Waals surface area contributed by atoms with E-state index in [4.69, 9.17) is 16.3 Å². The summed E-state index contributed by atoms with van der Waals surface area (Å²) >= 11 is 7.98. The number of ether oxygens (including phenoxy) is 1. The summed E-state index contributed by atoms with van der Waals surface area (Å²) < 4.78 is 8.80. The maximum Gasteiger partial charge on any atom is 0.419 e. The van der Waals surface area contributed by atoms with Crippen LogP contribution in [0.4, 0.5) is 4.79 Å². The van der Waals surface area contributed by atoms with Gasteiger partial charge in [0.15, 0.2) is 0 Å². The summed E-state index contributed by atoms with van der Waals surface area (Å²) in [5, 5.41) is 15.8. The molecule has 4 rings (SSSR count). The number of para-hydroxylation sites is 1. The first-order valence-corrected chi connectivity index (χ1v) is 11.7. The monoisotopic (exact) mass is 483 g/mol. The first-order valence-electron chi connectivity index (χ1n) is 10.5. The Morgan fingerprint density at radius 1 is 1.00 bits per heavy atom. The largest absolute Gasteiger partial charge is 0.443 e. The van der Waals surface area contributed by atoms with Crippen molar-refractivity contribution in [3.8, 4) is 26.8 Å². The highest BCUT2D eigenvalue weighted by Gasteiger charge is 2.25. The Labute approximate surface area is 202 Å². The number of halogens is 1. The molecule has 0 saturated heterocycles. The topological polar surface area (TPSA) is 69.3 Å². The molecule has 0 saturated carbocycles. The summed E-state index contributed by atoms with van der Waals surface area (Å²) in [6, 6.07) is 17.0. The Bertz CT molecular complexity index is 1300. The Hall–Kier alpha value is -2.87. The molecule has 0 aliphatic heterocycles. The predicted molar refractivity (Wildman–Crippen MR) is 132 cm³/mol. The number of hydrogen-bond donors (Lipinski definition) is 1. The third-order valence-corrected chi connectivity index (χ3v) is 6.32. The minimum atomic E-state index is -1.12. The van der Waals surface area contributed by atoms with Crippen LogP contribution in [-0.2, 0) is 10.3 Å². The third kappa shape index (κ3) is 4.90. The van der Waals surface area contributed by atoms with Gasteiger partial charge in [-0.1, -0.05) is 23.7 Å².